The van der Waals surface area contributed by atoms with Crippen LogP contribution in [0.4, 0.5) is 5.69 Å². The molecule has 3 rings (SSSR count). The number of hydrogen-bond acceptors (Lipinski definition) is 4. The van der Waals surface area contributed by atoms with Gasteiger partial charge in [-0.2, -0.15) is 9.78 Å². The molecule has 3 aromatic rings. The molecule has 27 heavy (non-hydrogen) atoms. The summed E-state index contributed by atoms with van der Waals surface area (Å²) in [6.07, 6.45) is 0.734. The van der Waals surface area contributed by atoms with Crippen LogP contribution >= 0.6 is 39.1 Å². The van der Waals surface area contributed by atoms with Crippen molar-refractivity contribution in [3.8, 4) is 5.69 Å². The number of hydrogen-bond donors (Lipinski definition) is 2. The molecule has 5 nitrogen and oxygen atoms in total. The van der Waals surface area contributed by atoms with Gasteiger partial charge in [-0.3, -0.25) is 4.79 Å². The highest BCUT2D eigenvalue weighted by molar-refractivity contribution is 9.10. The first-order valence-corrected chi connectivity index (χ1v) is 9.67. The van der Waals surface area contributed by atoms with E-state index in [1.54, 1.807) is 18.2 Å². The zero-order valence-corrected chi connectivity index (χ0v) is 17.3. The lowest BCUT2D eigenvalue weighted by atomic mass is 10.0. The highest BCUT2D eigenvalue weighted by Gasteiger charge is 2.20. The molecular weight excluding hydrogens is 453 g/mol. The predicted octanol–water partition coefficient (Wildman–Crippen LogP) is 4.84. The minimum Gasteiger partial charge on any atom is -0.386 e. The molecule has 0 aliphatic carbocycles. The van der Waals surface area contributed by atoms with Gasteiger partial charge in [0.2, 0.25) is 0 Å². The topological polar surface area (TPSA) is 67.2 Å². The van der Waals surface area contributed by atoms with Crippen molar-refractivity contribution in [2.24, 2.45) is 0 Å². The normalized spacial score (nSPS) is 13.2. The van der Waals surface area contributed by atoms with Crippen LogP contribution in [0.15, 0.2) is 64.0 Å². The molecule has 1 heterocycles. The Bertz CT molecular complexity index is 991. The summed E-state index contributed by atoms with van der Waals surface area (Å²) in [4.78, 5) is 12.7. The summed E-state index contributed by atoms with van der Waals surface area (Å²) in [5.74, 6) is 0. The van der Waals surface area contributed by atoms with Crippen molar-refractivity contribution in [1.82, 2.24) is 9.78 Å². The molecule has 0 saturated heterocycles. The molecule has 0 spiro atoms. The van der Waals surface area contributed by atoms with Crippen LogP contribution in [0.25, 0.3) is 5.69 Å². The number of para-hydroxylation sites is 1. The summed E-state index contributed by atoms with van der Waals surface area (Å²) in [5, 5.41) is 18.4. The van der Waals surface area contributed by atoms with Crippen LogP contribution in [-0.2, 0) is 0 Å². The molecule has 0 unspecified atom stereocenters. The average Bonchev–Trinajstić information content (AvgIpc) is 2.67. The van der Waals surface area contributed by atoms with Crippen LogP contribution in [0.2, 0.25) is 10.0 Å². The number of nitrogens with zero attached hydrogens (tertiary/aromatic N) is 2. The second kappa shape index (κ2) is 8.44. The van der Waals surface area contributed by atoms with Crippen molar-refractivity contribution in [1.29, 1.82) is 0 Å². The Morgan fingerprint density at radius 1 is 1.11 bits per heavy atom. The summed E-state index contributed by atoms with van der Waals surface area (Å²) >= 11 is 15.7. The van der Waals surface area contributed by atoms with Crippen LogP contribution in [0, 0.1) is 0 Å². The maximum atomic E-state index is 12.7. The Balaban J connectivity index is 1.91. The maximum Gasteiger partial charge on any atom is 0.288 e. The SMILES string of the molecule is C[C@@H](Nc1cnn(-c2c(Cl)cccc2Cl)c(=O)c1Br)[C@H](O)c1ccccc1. The van der Waals surface area contributed by atoms with Crippen LogP contribution in [-0.4, -0.2) is 20.9 Å². The van der Waals surface area contributed by atoms with E-state index < -0.39 is 11.7 Å². The first-order chi connectivity index (χ1) is 12.9. The molecule has 0 aliphatic rings. The second-order valence-corrected chi connectivity index (χ2v) is 7.56. The zero-order chi connectivity index (χ0) is 19.6. The molecule has 0 saturated carbocycles. The highest BCUT2D eigenvalue weighted by atomic mass is 79.9. The minimum absolute atomic E-state index is 0.264. The third kappa shape index (κ3) is 4.19. The fourth-order valence-electron chi connectivity index (χ4n) is 2.65. The van der Waals surface area contributed by atoms with E-state index in [2.05, 4.69) is 26.3 Å². The van der Waals surface area contributed by atoms with Gasteiger partial charge < -0.3 is 10.4 Å². The summed E-state index contributed by atoms with van der Waals surface area (Å²) in [6, 6.07) is 13.9. The Morgan fingerprint density at radius 2 is 1.74 bits per heavy atom. The lowest BCUT2D eigenvalue weighted by Gasteiger charge is -2.22. The highest BCUT2D eigenvalue weighted by Crippen LogP contribution is 2.28. The molecule has 0 amide bonds. The lowest BCUT2D eigenvalue weighted by Crippen LogP contribution is -2.28. The van der Waals surface area contributed by atoms with Crippen molar-refractivity contribution in [3.05, 3.63) is 85.2 Å². The van der Waals surface area contributed by atoms with Crippen LogP contribution in [0.5, 0.6) is 0 Å². The van der Waals surface area contributed by atoms with Gasteiger partial charge in [0.05, 0.1) is 34.1 Å². The third-order valence-corrected chi connectivity index (χ3v) is 5.44. The van der Waals surface area contributed by atoms with Gasteiger partial charge in [0, 0.05) is 0 Å². The summed E-state index contributed by atoms with van der Waals surface area (Å²) in [5.41, 5.74) is 1.13. The molecule has 0 radical (unpaired) electrons. The van der Waals surface area contributed by atoms with E-state index in [1.165, 1.54) is 6.20 Å². The zero-order valence-electron chi connectivity index (χ0n) is 14.2. The number of aromatic nitrogens is 2. The molecule has 1 aromatic heterocycles. The number of aliphatic hydroxyl groups excluding tert-OH is 1. The molecule has 2 N–H and O–H groups in total. The number of anilines is 1. The van der Waals surface area contributed by atoms with Gasteiger partial charge in [-0.25, -0.2) is 0 Å². The minimum atomic E-state index is -0.751. The fraction of sp³-hybridized carbons (Fsp3) is 0.158. The number of aliphatic hydroxyl groups is 1. The van der Waals surface area contributed by atoms with Crippen molar-refractivity contribution in [2.45, 2.75) is 19.1 Å². The number of rotatable bonds is 5. The van der Waals surface area contributed by atoms with Crippen molar-refractivity contribution in [3.63, 3.8) is 0 Å². The average molecular weight is 469 g/mol. The number of nitrogens with one attached hydrogen (secondary N) is 1. The largest absolute Gasteiger partial charge is 0.386 e. The molecular formula is C19H16BrCl2N3O2. The van der Waals surface area contributed by atoms with E-state index in [9.17, 15) is 9.90 Å². The van der Waals surface area contributed by atoms with Gasteiger partial charge in [0.1, 0.15) is 10.2 Å². The lowest BCUT2D eigenvalue weighted by molar-refractivity contribution is 0.160. The second-order valence-electron chi connectivity index (χ2n) is 5.95. The summed E-state index contributed by atoms with van der Waals surface area (Å²) in [6.45, 7) is 1.82. The molecule has 2 aromatic carbocycles. The fourth-order valence-corrected chi connectivity index (χ4v) is 3.59. The van der Waals surface area contributed by atoms with Crippen molar-refractivity contribution >= 4 is 44.8 Å². The van der Waals surface area contributed by atoms with E-state index in [0.29, 0.717) is 21.4 Å². The Hall–Kier alpha value is -1.86. The molecule has 0 bridgehead atoms. The smallest absolute Gasteiger partial charge is 0.288 e. The molecule has 140 valence electrons. The van der Waals surface area contributed by atoms with Crippen molar-refractivity contribution < 1.29 is 5.11 Å². The van der Waals surface area contributed by atoms with E-state index in [-0.39, 0.29) is 10.5 Å². The molecule has 2 atom stereocenters. The number of halogens is 3. The van der Waals surface area contributed by atoms with Crippen LogP contribution in [0.1, 0.15) is 18.6 Å². The Morgan fingerprint density at radius 3 is 2.37 bits per heavy atom. The van der Waals surface area contributed by atoms with Gasteiger partial charge in [0.15, 0.2) is 0 Å². The first kappa shape index (κ1) is 19.9. The van der Waals surface area contributed by atoms with Gasteiger partial charge in [0.25, 0.3) is 5.56 Å². The van der Waals surface area contributed by atoms with Gasteiger partial charge >= 0.3 is 0 Å². The molecule has 0 fully saturated rings. The Kier molecular flexibility index (Phi) is 6.22. The summed E-state index contributed by atoms with van der Waals surface area (Å²) in [7, 11) is 0. The van der Waals surface area contributed by atoms with E-state index >= 15 is 0 Å². The number of benzene rings is 2. The van der Waals surface area contributed by atoms with Crippen LogP contribution < -0.4 is 10.9 Å². The van der Waals surface area contributed by atoms with Gasteiger partial charge in [-0.05, 0) is 40.5 Å². The van der Waals surface area contributed by atoms with Crippen molar-refractivity contribution in [2.75, 3.05) is 5.32 Å². The van der Waals surface area contributed by atoms with E-state index in [0.717, 1.165) is 10.2 Å². The predicted molar refractivity (Wildman–Crippen MR) is 112 cm³/mol. The van der Waals surface area contributed by atoms with E-state index in [4.69, 9.17) is 23.2 Å². The summed E-state index contributed by atoms with van der Waals surface area (Å²) < 4.78 is 1.40. The third-order valence-electron chi connectivity index (χ3n) is 4.07. The maximum absolute atomic E-state index is 12.7. The molecule has 8 heteroatoms. The molecule has 0 aliphatic heterocycles. The first-order valence-electron chi connectivity index (χ1n) is 8.12. The standard InChI is InChI=1S/C19H16BrCl2N3O2/c1-11(18(26)12-6-3-2-4-7-12)24-15-10-23-25(19(27)16(15)20)17-13(21)8-5-9-14(17)22/h2-11,18,24,26H,1H3/t11-,18+/m1/s1. The quantitative estimate of drug-likeness (QED) is 0.562. The van der Waals surface area contributed by atoms with Crippen LogP contribution in [0.3, 0.4) is 0 Å². The van der Waals surface area contributed by atoms with Gasteiger partial charge in [-0.1, -0.05) is 59.6 Å². The monoisotopic (exact) mass is 467 g/mol. The van der Waals surface area contributed by atoms with Gasteiger partial charge in [-0.15, -0.1) is 0 Å². The Labute approximate surface area is 174 Å². The van der Waals surface area contributed by atoms with E-state index in [1.807, 2.05) is 37.3 Å².